The Hall–Kier alpha value is -2.34. The number of para-hydroxylation sites is 1. The summed E-state index contributed by atoms with van der Waals surface area (Å²) < 4.78 is 9.57. The Morgan fingerprint density at radius 1 is 1.05 bits per heavy atom. The summed E-state index contributed by atoms with van der Waals surface area (Å²) in [5.74, 6) is 0.883. The number of hydrogen-bond donors (Lipinski definition) is 1. The van der Waals surface area contributed by atoms with Crippen molar-refractivity contribution in [1.29, 1.82) is 0 Å². The molecule has 3 aromatic heterocycles. The topological polar surface area (TPSA) is 104 Å². The Morgan fingerprint density at radius 3 is 2.64 bits per heavy atom. The Bertz CT molecular complexity index is 1550. The van der Waals surface area contributed by atoms with Gasteiger partial charge in [0.15, 0.2) is 10.8 Å². The second-order valence-electron chi connectivity index (χ2n) is 9.13. The zero-order valence-electron chi connectivity index (χ0n) is 22.5. The maximum absolute atomic E-state index is 13.1. The van der Waals surface area contributed by atoms with Gasteiger partial charge >= 0.3 is 57.4 Å². The molecule has 3 heterocycles. The summed E-state index contributed by atoms with van der Waals surface area (Å²) in [5, 5.41) is 15.8. The minimum Gasteiger partial charge on any atom is -0.461 e. The van der Waals surface area contributed by atoms with Gasteiger partial charge in [0.25, 0.3) is 0 Å². The number of ether oxygens (including phenoxy) is 1. The van der Waals surface area contributed by atoms with Gasteiger partial charge in [0.1, 0.15) is 5.82 Å². The number of hydrogen-bond acceptors (Lipinski definition) is 6. The first-order valence-corrected chi connectivity index (χ1v) is 13.3. The number of rotatable bonds is 11. The number of aromatic amines is 1. The van der Waals surface area contributed by atoms with Crippen LogP contribution < -0.4 is 51.4 Å². The fourth-order valence-electron chi connectivity index (χ4n) is 4.63. The number of esters is 1. The van der Waals surface area contributed by atoms with E-state index in [2.05, 4.69) is 62.2 Å². The van der Waals surface area contributed by atoms with Crippen molar-refractivity contribution in [2.45, 2.75) is 52.5 Å². The van der Waals surface area contributed by atoms with Gasteiger partial charge in [-0.25, -0.2) is 9.78 Å². The molecule has 0 spiro atoms. The van der Waals surface area contributed by atoms with Crippen LogP contribution in [0, 0.1) is 0 Å². The van der Waals surface area contributed by atoms with E-state index in [-0.39, 0.29) is 56.5 Å². The molecule has 0 unspecified atom stereocenters. The smallest absolute Gasteiger partial charge is 0.461 e. The van der Waals surface area contributed by atoms with E-state index >= 15 is 0 Å². The fraction of sp³-hybridized carbons (Fsp3) is 0.321. The van der Waals surface area contributed by atoms with Crippen molar-refractivity contribution in [3.63, 3.8) is 0 Å². The summed E-state index contributed by atoms with van der Waals surface area (Å²) in [7, 11) is 0. The Morgan fingerprint density at radius 2 is 1.87 bits per heavy atom. The zero-order valence-corrected chi connectivity index (χ0v) is 26.4. The Balaban J connectivity index is 0.00000353. The number of halogens is 1. The van der Waals surface area contributed by atoms with Crippen LogP contribution in [0.15, 0.2) is 54.7 Å². The number of fused-ring (bicyclic) bond motifs is 1. The molecular weight excluding hydrogens is 541 g/mol. The van der Waals surface area contributed by atoms with Crippen molar-refractivity contribution < 1.29 is 60.9 Å². The van der Waals surface area contributed by atoms with Gasteiger partial charge in [0.2, 0.25) is 5.82 Å². The van der Waals surface area contributed by atoms with E-state index in [1.165, 1.54) is 0 Å². The van der Waals surface area contributed by atoms with Crippen molar-refractivity contribution in [3.05, 3.63) is 77.0 Å². The third-order valence-electron chi connectivity index (χ3n) is 6.58. The molecule has 0 saturated heterocycles. The number of carbonyl (C=O) groups is 1. The van der Waals surface area contributed by atoms with Crippen LogP contribution in [-0.4, -0.2) is 47.3 Å². The van der Waals surface area contributed by atoms with E-state index in [4.69, 9.17) is 16.3 Å². The molecule has 0 radical (unpaired) electrons. The van der Waals surface area contributed by atoms with Gasteiger partial charge < -0.3 is 13.9 Å². The number of unbranched alkanes of at least 4 members (excludes halogenated alkanes) is 2. The fourth-order valence-corrected chi connectivity index (χ4v) is 4.91. The monoisotopic (exact) mass is 570 g/mol. The van der Waals surface area contributed by atoms with E-state index in [0.717, 1.165) is 65.6 Å². The molecule has 5 aromatic rings. The first kappa shape index (κ1) is 29.6. The summed E-state index contributed by atoms with van der Waals surface area (Å²) in [6, 6.07) is 16.2. The molecule has 0 aliphatic carbocycles. The number of H-pyrrole nitrogens is 1. The molecule has 2 aromatic carbocycles. The van der Waals surface area contributed by atoms with Gasteiger partial charge in [-0.05, 0) is 47.9 Å². The summed E-state index contributed by atoms with van der Waals surface area (Å²) >= 11 is 6.52. The number of nitrogens with zero attached hydrogens (tertiary/aromatic N) is 6. The molecule has 39 heavy (non-hydrogen) atoms. The minimum absolute atomic E-state index is 0. The Labute approximate surface area is 274 Å². The number of tetrazole rings is 1. The van der Waals surface area contributed by atoms with E-state index < -0.39 is 5.97 Å². The molecule has 0 aliphatic heterocycles. The molecule has 0 amide bonds. The van der Waals surface area contributed by atoms with Crippen LogP contribution in [0.4, 0.5) is 0 Å². The van der Waals surface area contributed by atoms with Crippen LogP contribution in [0.2, 0.25) is 5.15 Å². The van der Waals surface area contributed by atoms with E-state index in [1.807, 2.05) is 41.1 Å². The first-order chi connectivity index (χ1) is 18.6. The van der Waals surface area contributed by atoms with Crippen LogP contribution in [-0.2, 0) is 17.7 Å². The zero-order chi connectivity index (χ0) is 26.5. The van der Waals surface area contributed by atoms with Crippen LogP contribution in [0.3, 0.4) is 0 Å². The van der Waals surface area contributed by atoms with Crippen molar-refractivity contribution >= 4 is 28.5 Å². The molecule has 5 rings (SSSR count). The van der Waals surface area contributed by atoms with Gasteiger partial charge in [0.05, 0.1) is 24.4 Å². The molecule has 0 aliphatic rings. The van der Waals surface area contributed by atoms with E-state index in [0.29, 0.717) is 24.7 Å². The third kappa shape index (κ3) is 6.37. The van der Waals surface area contributed by atoms with Gasteiger partial charge in [-0.15, -0.1) is 10.2 Å². The molecule has 0 fully saturated rings. The predicted molar refractivity (Wildman–Crippen MR) is 147 cm³/mol. The quantitative estimate of drug-likeness (QED) is 0.149. The summed E-state index contributed by atoms with van der Waals surface area (Å²) in [5.41, 5.74) is 4.19. The van der Waals surface area contributed by atoms with Gasteiger partial charge in [-0.2, -0.15) is 5.21 Å². The molecular formula is C28H30ClKN7O2+. The number of aryl methyl sites for hydroxylation is 1. The minimum atomic E-state index is -0.433. The second-order valence-corrected chi connectivity index (χ2v) is 9.49. The number of carbonyl (C=O) groups excluding carboxylic acids is 1. The van der Waals surface area contributed by atoms with Crippen LogP contribution in [0.5, 0.6) is 0 Å². The van der Waals surface area contributed by atoms with Crippen molar-refractivity contribution in [2.24, 2.45) is 0 Å². The normalized spacial score (nSPS) is 11.1. The van der Waals surface area contributed by atoms with Gasteiger partial charge in [-0.1, -0.05) is 62.6 Å². The van der Waals surface area contributed by atoms with Crippen LogP contribution >= 0.6 is 11.6 Å². The average Bonchev–Trinajstić information content (AvgIpc) is 3.67. The third-order valence-corrected chi connectivity index (χ3v) is 6.85. The summed E-state index contributed by atoms with van der Waals surface area (Å²) in [6.07, 6.45) is 6.47. The van der Waals surface area contributed by atoms with E-state index in [1.54, 1.807) is 0 Å². The number of benzene rings is 2. The maximum Gasteiger partial charge on any atom is 1.00 e. The largest absolute Gasteiger partial charge is 1.00 e. The predicted octanol–water partition coefficient (Wildman–Crippen LogP) is 3.01. The van der Waals surface area contributed by atoms with Crippen molar-refractivity contribution in [1.82, 2.24) is 34.7 Å². The van der Waals surface area contributed by atoms with Crippen molar-refractivity contribution in [3.8, 4) is 17.1 Å². The Kier molecular flexibility index (Phi) is 10.5. The van der Waals surface area contributed by atoms with E-state index in [9.17, 15) is 4.79 Å². The first-order valence-electron chi connectivity index (χ1n) is 13.0. The average molecular weight is 571 g/mol. The number of aromatic nitrogens is 7. The molecule has 0 saturated carbocycles. The van der Waals surface area contributed by atoms with Crippen LogP contribution in [0.1, 0.15) is 61.4 Å². The molecule has 0 bridgehead atoms. The maximum atomic E-state index is 13.1. The van der Waals surface area contributed by atoms with Crippen molar-refractivity contribution in [2.75, 3.05) is 6.61 Å². The van der Waals surface area contributed by atoms with Crippen LogP contribution in [0.25, 0.3) is 28.0 Å². The molecule has 9 nitrogen and oxygen atoms in total. The van der Waals surface area contributed by atoms with Gasteiger partial charge in [0, 0.05) is 23.6 Å². The standard InChI is InChI=1S/C28H30ClN7O2.K/c1-3-5-14-24-30-26(29)25(28(37)38-17-6-4-2)36(24)18-19-10-9-13-22-20(19)15-16-35(22)23-12-8-7-11-21(23)27-31-33-34-32-27;/h7-13,15-16H,3-6,14,17-18H2,1-2H3,(H,31,32,33,34);/q;+1. The summed E-state index contributed by atoms with van der Waals surface area (Å²) in [4.78, 5) is 17.6. The van der Waals surface area contributed by atoms with Gasteiger partial charge in [-0.3, -0.25) is 0 Å². The molecule has 196 valence electrons. The summed E-state index contributed by atoms with van der Waals surface area (Å²) in [6.45, 7) is 5.00. The number of nitrogens with one attached hydrogen (secondary N) is 1. The molecule has 1 N–H and O–H groups in total. The molecule has 0 atom stereocenters. The SMILES string of the molecule is CCCCOC(=O)c1c(Cl)nc(CCCC)n1Cc1cccc2c1ccn2-c1ccccc1-c1nn[nH]n1.[K+]. The number of imidazole rings is 1. The molecule has 11 heteroatoms. The second kappa shape index (κ2) is 13.8.